The number of nitrogens with two attached hydrogens (primary N) is 1. The first kappa shape index (κ1) is 21.9. The van der Waals surface area contributed by atoms with E-state index in [1.54, 1.807) is 20.3 Å². The van der Waals surface area contributed by atoms with E-state index in [0.29, 0.717) is 24.8 Å². The Morgan fingerprint density at radius 2 is 1.90 bits per heavy atom. The number of methoxy groups -OCH3 is 2. The Balaban J connectivity index is 2.03. The van der Waals surface area contributed by atoms with Crippen molar-refractivity contribution in [3.05, 3.63) is 53.6 Å². The van der Waals surface area contributed by atoms with Gasteiger partial charge in [-0.1, -0.05) is 12.1 Å². The van der Waals surface area contributed by atoms with Crippen LogP contribution in [-0.4, -0.2) is 39.2 Å². The van der Waals surface area contributed by atoms with Crippen molar-refractivity contribution in [2.45, 2.75) is 20.0 Å². The summed E-state index contributed by atoms with van der Waals surface area (Å²) in [7, 11) is 3.25. The minimum Gasteiger partial charge on any atom is -0.497 e. The highest BCUT2D eigenvalue weighted by Crippen LogP contribution is 2.24. The second-order valence-corrected chi connectivity index (χ2v) is 6.13. The van der Waals surface area contributed by atoms with Gasteiger partial charge in [0, 0.05) is 24.7 Å². The third-order valence-electron chi connectivity index (χ3n) is 3.98. The first-order valence-electron chi connectivity index (χ1n) is 9.28. The second kappa shape index (κ2) is 11.4. The Labute approximate surface area is 171 Å². The molecule has 4 N–H and O–H groups in total. The van der Waals surface area contributed by atoms with E-state index in [-0.39, 0.29) is 6.61 Å². The van der Waals surface area contributed by atoms with Crippen LogP contribution >= 0.6 is 0 Å². The fourth-order valence-corrected chi connectivity index (χ4v) is 2.58. The Bertz CT molecular complexity index is 839. The van der Waals surface area contributed by atoms with E-state index in [9.17, 15) is 4.79 Å². The van der Waals surface area contributed by atoms with Crippen LogP contribution in [0.15, 0.2) is 47.5 Å². The molecule has 2 rings (SSSR count). The topological polar surface area (TPSA) is 107 Å². The van der Waals surface area contributed by atoms with Crippen LogP contribution in [0.3, 0.4) is 0 Å². The van der Waals surface area contributed by atoms with Gasteiger partial charge in [-0.2, -0.15) is 0 Å². The summed E-state index contributed by atoms with van der Waals surface area (Å²) in [6.45, 7) is 3.57. The highest BCUT2D eigenvalue weighted by molar-refractivity contribution is 5.79. The maximum atomic E-state index is 10.9. The Kier molecular flexibility index (Phi) is 8.62. The fraction of sp³-hybridized carbons (Fsp3) is 0.333. The molecule has 8 nitrogen and oxygen atoms in total. The van der Waals surface area contributed by atoms with Gasteiger partial charge in [-0.3, -0.25) is 4.79 Å². The molecule has 0 heterocycles. The third kappa shape index (κ3) is 7.25. The van der Waals surface area contributed by atoms with E-state index in [1.165, 1.54) is 0 Å². The van der Waals surface area contributed by atoms with Crippen LogP contribution in [0.1, 0.15) is 18.1 Å². The number of rotatable bonds is 10. The van der Waals surface area contributed by atoms with Crippen LogP contribution in [0.2, 0.25) is 0 Å². The van der Waals surface area contributed by atoms with Crippen LogP contribution in [0.25, 0.3) is 0 Å². The molecular weight excluding hydrogens is 372 g/mol. The molecule has 0 atom stereocenters. The first-order chi connectivity index (χ1) is 14.0. The van der Waals surface area contributed by atoms with Gasteiger partial charge in [0.15, 0.2) is 12.6 Å². The molecule has 0 saturated heterocycles. The number of aliphatic imine (C=N–C) groups is 1. The molecule has 0 aliphatic heterocycles. The van der Waals surface area contributed by atoms with Gasteiger partial charge in [-0.05, 0) is 36.8 Å². The lowest BCUT2D eigenvalue weighted by Gasteiger charge is -2.14. The number of benzene rings is 2. The van der Waals surface area contributed by atoms with E-state index in [0.717, 1.165) is 29.2 Å². The fourth-order valence-electron chi connectivity index (χ4n) is 2.58. The Morgan fingerprint density at radius 1 is 1.07 bits per heavy atom. The average Bonchev–Trinajstić information content (AvgIpc) is 2.74. The molecule has 156 valence electrons. The number of nitrogens with one attached hydrogen (secondary N) is 2. The predicted molar refractivity (Wildman–Crippen MR) is 112 cm³/mol. The molecule has 2 aromatic carbocycles. The van der Waals surface area contributed by atoms with Crippen molar-refractivity contribution in [2.24, 2.45) is 10.7 Å². The monoisotopic (exact) mass is 400 g/mol. The van der Waals surface area contributed by atoms with Crippen molar-refractivity contribution in [3.8, 4) is 17.2 Å². The lowest BCUT2D eigenvalue weighted by molar-refractivity contribution is -0.119. The van der Waals surface area contributed by atoms with Gasteiger partial charge in [0.05, 0.1) is 20.8 Å². The lowest BCUT2D eigenvalue weighted by Crippen LogP contribution is -2.36. The zero-order chi connectivity index (χ0) is 21.1. The summed E-state index contributed by atoms with van der Waals surface area (Å²) in [6.07, 6.45) is 0. The molecule has 0 unspecified atom stereocenters. The second-order valence-electron chi connectivity index (χ2n) is 6.13. The molecule has 29 heavy (non-hydrogen) atoms. The summed E-state index contributed by atoms with van der Waals surface area (Å²) < 4.78 is 16.0. The van der Waals surface area contributed by atoms with Gasteiger partial charge in [-0.25, -0.2) is 4.99 Å². The molecule has 0 saturated carbocycles. The van der Waals surface area contributed by atoms with Gasteiger partial charge in [0.2, 0.25) is 0 Å². The summed E-state index contributed by atoms with van der Waals surface area (Å²) in [5.74, 6) is 2.23. The van der Waals surface area contributed by atoms with E-state index in [2.05, 4.69) is 15.6 Å². The average molecular weight is 400 g/mol. The van der Waals surface area contributed by atoms with E-state index < -0.39 is 5.91 Å². The zero-order valence-electron chi connectivity index (χ0n) is 17.0. The summed E-state index contributed by atoms with van der Waals surface area (Å²) >= 11 is 0. The van der Waals surface area contributed by atoms with Crippen molar-refractivity contribution in [3.63, 3.8) is 0 Å². The molecule has 1 amide bonds. The van der Waals surface area contributed by atoms with Crippen LogP contribution in [0.4, 0.5) is 0 Å². The van der Waals surface area contributed by atoms with E-state index in [4.69, 9.17) is 19.9 Å². The predicted octanol–water partition coefficient (Wildman–Crippen LogP) is 1.82. The molecule has 2 aromatic rings. The minimum absolute atomic E-state index is 0.152. The number of primary amides is 1. The maximum absolute atomic E-state index is 10.9. The van der Waals surface area contributed by atoms with Gasteiger partial charge >= 0.3 is 0 Å². The number of ether oxygens (including phenoxy) is 3. The maximum Gasteiger partial charge on any atom is 0.255 e. The third-order valence-corrected chi connectivity index (χ3v) is 3.98. The summed E-state index contributed by atoms with van der Waals surface area (Å²) in [5.41, 5.74) is 7.05. The quantitative estimate of drug-likeness (QED) is 0.415. The molecular formula is C21H28N4O4. The van der Waals surface area contributed by atoms with Crippen LogP contribution in [-0.2, 0) is 17.9 Å². The van der Waals surface area contributed by atoms with Crippen LogP contribution in [0, 0.1) is 0 Å². The summed E-state index contributed by atoms with van der Waals surface area (Å²) in [6, 6.07) is 13.1. The molecule has 8 heteroatoms. The van der Waals surface area contributed by atoms with E-state index >= 15 is 0 Å². The van der Waals surface area contributed by atoms with Crippen LogP contribution in [0.5, 0.6) is 17.2 Å². The van der Waals surface area contributed by atoms with E-state index in [1.807, 2.05) is 43.3 Å². The number of hydrogen-bond donors (Lipinski definition) is 3. The lowest BCUT2D eigenvalue weighted by atomic mass is 10.2. The van der Waals surface area contributed by atoms with Crippen molar-refractivity contribution in [1.82, 2.24) is 10.6 Å². The Hall–Kier alpha value is -3.42. The van der Waals surface area contributed by atoms with Crippen molar-refractivity contribution in [1.29, 1.82) is 0 Å². The van der Waals surface area contributed by atoms with Crippen molar-refractivity contribution in [2.75, 3.05) is 27.4 Å². The number of nitrogens with zero attached hydrogens (tertiary/aromatic N) is 1. The molecule has 0 fully saturated rings. The van der Waals surface area contributed by atoms with Gasteiger partial charge in [0.1, 0.15) is 17.2 Å². The summed E-state index contributed by atoms with van der Waals surface area (Å²) in [4.78, 5) is 15.5. The molecule has 0 bridgehead atoms. The van der Waals surface area contributed by atoms with Gasteiger partial charge in [0.25, 0.3) is 5.91 Å². The van der Waals surface area contributed by atoms with Gasteiger partial charge in [-0.15, -0.1) is 0 Å². The Morgan fingerprint density at radius 3 is 2.59 bits per heavy atom. The zero-order valence-corrected chi connectivity index (χ0v) is 17.0. The molecule has 0 aliphatic rings. The molecule has 0 aromatic heterocycles. The summed E-state index contributed by atoms with van der Waals surface area (Å²) in [5, 5.41) is 6.52. The highest BCUT2D eigenvalue weighted by Gasteiger charge is 2.06. The molecule has 0 aliphatic carbocycles. The van der Waals surface area contributed by atoms with Crippen molar-refractivity contribution >= 4 is 11.9 Å². The number of carbonyl (C=O) groups excluding carboxylic acids is 1. The number of hydrogen-bond acceptors (Lipinski definition) is 5. The number of guanidine groups is 1. The van der Waals surface area contributed by atoms with Gasteiger partial charge < -0.3 is 30.6 Å². The number of amides is 1. The highest BCUT2D eigenvalue weighted by atomic mass is 16.5. The first-order valence-corrected chi connectivity index (χ1v) is 9.28. The van der Waals surface area contributed by atoms with Crippen molar-refractivity contribution < 1.29 is 19.0 Å². The SMILES string of the molecule is CCNC(=NCc1cccc(OCC(N)=O)c1)NCc1ccc(OC)cc1OC. The molecule has 0 radical (unpaired) electrons. The standard InChI is InChI=1S/C21H28N4O4/c1-4-23-21(25-13-16-8-9-17(27-2)11-19(16)28-3)24-12-15-6-5-7-18(10-15)29-14-20(22)26/h5-11H,4,12-14H2,1-3H3,(H2,22,26)(H2,23,24,25). The normalized spacial score (nSPS) is 10.9. The minimum atomic E-state index is -0.513. The largest absolute Gasteiger partial charge is 0.497 e. The molecule has 0 spiro atoms. The van der Waals surface area contributed by atoms with Crippen LogP contribution < -0.4 is 30.6 Å². The smallest absolute Gasteiger partial charge is 0.255 e. The number of carbonyl (C=O) groups is 1.